The van der Waals surface area contributed by atoms with Gasteiger partial charge in [0.2, 0.25) is 5.91 Å². The summed E-state index contributed by atoms with van der Waals surface area (Å²) in [5.41, 5.74) is 3.10. The number of fused-ring (bicyclic) bond motifs is 2. The van der Waals surface area contributed by atoms with Crippen LogP contribution in [0.15, 0.2) is 48.5 Å². The molecule has 0 saturated carbocycles. The third kappa shape index (κ3) is 5.64. The molecule has 1 aliphatic carbocycles. The predicted octanol–water partition coefficient (Wildman–Crippen LogP) is 6.14. The molecule has 0 bridgehead atoms. The van der Waals surface area contributed by atoms with Crippen LogP contribution in [0.2, 0.25) is 0 Å². The molecule has 4 atom stereocenters. The first kappa shape index (κ1) is 31.3. The van der Waals surface area contributed by atoms with Crippen LogP contribution in [0.25, 0.3) is 0 Å². The van der Waals surface area contributed by atoms with E-state index in [1.54, 1.807) is 12.1 Å². The molecular weight excluding hydrogens is 592 g/mol. The summed E-state index contributed by atoms with van der Waals surface area (Å²) in [5.74, 6) is -0.647. The molecule has 3 aromatic rings. The number of imide groups is 1. The number of nitrogens with zero attached hydrogens (tertiary/aromatic N) is 2. The Kier molecular flexibility index (Phi) is 8.49. The minimum absolute atomic E-state index is 0.0949. The van der Waals surface area contributed by atoms with Gasteiger partial charge in [-0.3, -0.25) is 14.4 Å². The van der Waals surface area contributed by atoms with Gasteiger partial charge in [-0.2, -0.15) is 5.06 Å². The van der Waals surface area contributed by atoms with Crippen LogP contribution in [0, 0.1) is 17.3 Å². The Morgan fingerprint density at radius 2 is 1.80 bits per heavy atom. The quantitative estimate of drug-likeness (QED) is 0.216. The molecule has 3 heterocycles. The van der Waals surface area contributed by atoms with Gasteiger partial charge >= 0.3 is 5.97 Å². The average molecular weight is 633 g/mol. The second-order valence-electron chi connectivity index (χ2n) is 12.9. The average Bonchev–Trinajstić information content (AvgIpc) is 3.64. The van der Waals surface area contributed by atoms with E-state index in [0.29, 0.717) is 47.6 Å². The lowest BCUT2D eigenvalue weighted by atomic mass is 9.72. The SMILES string of the molecule is CCOc1cc([C@@H]2[C@H]3C(=O)N(c4sc5c(c4C(=O)OC)CC[C@@H](C(C)(C)C)C5)C(=O)[C@H]3ON2C)ccc1OCc1ccccc1. The zero-order chi connectivity index (χ0) is 32.0. The number of benzene rings is 2. The molecular formula is C35H40N2O7S. The van der Waals surface area contributed by atoms with Crippen LogP contribution in [0.3, 0.4) is 0 Å². The van der Waals surface area contributed by atoms with Gasteiger partial charge in [0.25, 0.3) is 5.91 Å². The summed E-state index contributed by atoms with van der Waals surface area (Å²) in [5, 5.41) is 1.92. The molecule has 2 fully saturated rings. The molecule has 0 spiro atoms. The van der Waals surface area contributed by atoms with Gasteiger partial charge in [0.05, 0.1) is 31.2 Å². The predicted molar refractivity (Wildman–Crippen MR) is 170 cm³/mol. The molecule has 0 N–H and O–H groups in total. The summed E-state index contributed by atoms with van der Waals surface area (Å²) in [6.07, 6.45) is 1.40. The molecule has 2 saturated heterocycles. The Hall–Kier alpha value is -3.73. The number of carbonyl (C=O) groups excluding carboxylic acids is 3. The van der Waals surface area contributed by atoms with Gasteiger partial charge in [0, 0.05) is 11.9 Å². The number of hydrogen-bond donors (Lipinski definition) is 0. The van der Waals surface area contributed by atoms with Crippen LogP contribution in [-0.2, 0) is 38.6 Å². The summed E-state index contributed by atoms with van der Waals surface area (Å²) in [4.78, 5) is 49.6. The van der Waals surface area contributed by atoms with Crippen molar-refractivity contribution in [2.45, 2.75) is 65.7 Å². The monoisotopic (exact) mass is 632 g/mol. The van der Waals surface area contributed by atoms with Gasteiger partial charge in [0.15, 0.2) is 17.6 Å². The van der Waals surface area contributed by atoms with Gasteiger partial charge in [0.1, 0.15) is 11.6 Å². The first-order valence-corrected chi connectivity index (χ1v) is 16.3. The maximum absolute atomic E-state index is 14.3. The number of ether oxygens (including phenoxy) is 3. The van der Waals surface area contributed by atoms with Gasteiger partial charge < -0.3 is 14.2 Å². The van der Waals surface area contributed by atoms with Crippen molar-refractivity contribution in [3.63, 3.8) is 0 Å². The van der Waals surface area contributed by atoms with Crippen molar-refractivity contribution in [2.24, 2.45) is 17.3 Å². The van der Waals surface area contributed by atoms with Crippen LogP contribution >= 0.6 is 11.3 Å². The minimum Gasteiger partial charge on any atom is -0.490 e. The summed E-state index contributed by atoms with van der Waals surface area (Å²) >= 11 is 1.36. The molecule has 3 aliphatic rings. The Balaban J connectivity index is 1.32. The summed E-state index contributed by atoms with van der Waals surface area (Å²) in [7, 11) is 3.06. The van der Waals surface area contributed by atoms with E-state index in [1.807, 2.05) is 55.5 Å². The lowest BCUT2D eigenvalue weighted by Gasteiger charge is -2.33. The third-order valence-electron chi connectivity index (χ3n) is 9.22. The molecule has 0 radical (unpaired) electrons. The van der Waals surface area contributed by atoms with Crippen molar-refractivity contribution in [3.8, 4) is 11.5 Å². The fourth-order valence-corrected chi connectivity index (χ4v) is 8.20. The fraction of sp³-hybridized carbons (Fsp3) is 0.457. The van der Waals surface area contributed by atoms with Gasteiger partial charge in [-0.1, -0.05) is 57.2 Å². The Labute approximate surface area is 268 Å². The number of anilines is 1. The molecule has 2 aliphatic heterocycles. The molecule has 2 aromatic carbocycles. The minimum atomic E-state index is -1.01. The molecule has 238 valence electrons. The van der Waals surface area contributed by atoms with Crippen LogP contribution in [0.4, 0.5) is 5.00 Å². The van der Waals surface area contributed by atoms with E-state index >= 15 is 0 Å². The van der Waals surface area contributed by atoms with E-state index < -0.39 is 35.8 Å². The molecule has 6 rings (SSSR count). The maximum atomic E-state index is 14.3. The van der Waals surface area contributed by atoms with E-state index in [9.17, 15) is 14.4 Å². The highest BCUT2D eigenvalue weighted by atomic mass is 32.1. The first-order valence-electron chi connectivity index (χ1n) is 15.5. The van der Waals surface area contributed by atoms with Crippen molar-refractivity contribution < 1.29 is 33.4 Å². The van der Waals surface area contributed by atoms with E-state index in [0.717, 1.165) is 34.4 Å². The number of hydrogen-bond acceptors (Lipinski definition) is 9. The van der Waals surface area contributed by atoms with Gasteiger partial charge in [-0.05, 0) is 66.3 Å². The number of amides is 2. The van der Waals surface area contributed by atoms with Crippen molar-refractivity contribution in [3.05, 3.63) is 75.7 Å². The second kappa shape index (κ2) is 12.2. The van der Waals surface area contributed by atoms with Crippen LogP contribution in [0.5, 0.6) is 11.5 Å². The lowest BCUT2D eigenvalue weighted by Crippen LogP contribution is -2.36. The van der Waals surface area contributed by atoms with Crippen molar-refractivity contribution in [1.29, 1.82) is 0 Å². The summed E-state index contributed by atoms with van der Waals surface area (Å²) < 4.78 is 17.2. The number of methoxy groups -OCH3 is 1. The van der Waals surface area contributed by atoms with E-state index in [2.05, 4.69) is 20.8 Å². The zero-order valence-corrected chi connectivity index (χ0v) is 27.4. The topological polar surface area (TPSA) is 94.6 Å². The molecule has 10 heteroatoms. The highest BCUT2D eigenvalue weighted by Crippen LogP contribution is 2.51. The molecule has 0 unspecified atom stereocenters. The van der Waals surface area contributed by atoms with Crippen LogP contribution in [-0.4, -0.2) is 49.7 Å². The van der Waals surface area contributed by atoms with Crippen LogP contribution in [0.1, 0.15) is 72.1 Å². The number of hydroxylamine groups is 2. The second-order valence-corrected chi connectivity index (χ2v) is 14.0. The highest BCUT2D eigenvalue weighted by Gasteiger charge is 2.60. The van der Waals surface area contributed by atoms with E-state index in [1.165, 1.54) is 23.3 Å². The lowest BCUT2D eigenvalue weighted by molar-refractivity contribution is -0.160. The highest BCUT2D eigenvalue weighted by molar-refractivity contribution is 7.17. The molecule has 1 aromatic heterocycles. The number of rotatable bonds is 8. The summed E-state index contributed by atoms with van der Waals surface area (Å²) in [6, 6.07) is 14.9. The van der Waals surface area contributed by atoms with Crippen LogP contribution < -0.4 is 14.4 Å². The number of esters is 1. The molecule has 2 amide bonds. The van der Waals surface area contributed by atoms with E-state index in [4.69, 9.17) is 19.0 Å². The van der Waals surface area contributed by atoms with Gasteiger partial charge in [-0.25, -0.2) is 9.69 Å². The fourth-order valence-electron chi connectivity index (χ4n) is 6.78. The number of thiophene rings is 1. The Morgan fingerprint density at radius 1 is 1.04 bits per heavy atom. The van der Waals surface area contributed by atoms with E-state index in [-0.39, 0.29) is 5.41 Å². The summed E-state index contributed by atoms with van der Waals surface area (Å²) in [6.45, 7) is 9.37. The van der Waals surface area contributed by atoms with Gasteiger partial charge in [-0.15, -0.1) is 11.3 Å². The standard InChI is InChI=1S/C35H40N2O7S/c1-7-42-25-17-21(13-16-24(25)43-19-20-11-9-8-10-12-20)29-28-30(44-36(29)5)32(39)37(31(28)38)33-27(34(40)41-6)23-15-14-22(35(2,3)4)18-26(23)45-33/h8-13,16-17,22,28-30H,7,14-15,18-19H2,1-6H3/t22-,28-,29-,30+/m1/s1. The van der Waals surface area contributed by atoms with Crippen molar-refractivity contribution in [1.82, 2.24) is 5.06 Å². The van der Waals surface area contributed by atoms with Crippen molar-refractivity contribution in [2.75, 3.05) is 25.7 Å². The van der Waals surface area contributed by atoms with Crippen molar-refractivity contribution >= 4 is 34.1 Å². The molecule has 9 nitrogen and oxygen atoms in total. The largest absolute Gasteiger partial charge is 0.490 e. The Bertz CT molecular complexity index is 1610. The molecule has 45 heavy (non-hydrogen) atoms. The first-order chi connectivity index (χ1) is 21.5. The number of carbonyl (C=O) groups is 3. The third-order valence-corrected chi connectivity index (χ3v) is 10.5. The zero-order valence-electron chi connectivity index (χ0n) is 26.6. The normalized spacial score (nSPS) is 23.2. The smallest absolute Gasteiger partial charge is 0.341 e. The maximum Gasteiger partial charge on any atom is 0.341 e. The Morgan fingerprint density at radius 3 is 2.49 bits per heavy atom.